The second kappa shape index (κ2) is 3.44. The van der Waals surface area contributed by atoms with Gasteiger partial charge in [0.2, 0.25) is 5.82 Å². The average Bonchev–Trinajstić information content (AvgIpc) is 2.04. The molecule has 1 aromatic heterocycles. The van der Waals surface area contributed by atoms with Crippen molar-refractivity contribution in [2.75, 3.05) is 7.05 Å². The van der Waals surface area contributed by atoms with Crippen molar-refractivity contribution >= 4 is 5.82 Å². The highest BCUT2D eigenvalue weighted by Crippen LogP contribution is 2.09. The highest BCUT2D eigenvalue weighted by Gasteiger charge is 2.06. The van der Waals surface area contributed by atoms with Gasteiger partial charge in [-0.15, -0.1) is 0 Å². The van der Waals surface area contributed by atoms with Gasteiger partial charge in [-0.25, -0.2) is 4.98 Å². The summed E-state index contributed by atoms with van der Waals surface area (Å²) in [6, 6.07) is 0. The second-order valence-electron chi connectivity index (χ2n) is 2.47. The zero-order valence-corrected chi connectivity index (χ0v) is 7.26. The van der Waals surface area contributed by atoms with Gasteiger partial charge in [-0.05, 0) is 13.3 Å². The van der Waals surface area contributed by atoms with Gasteiger partial charge in [-0.3, -0.25) is 5.32 Å². The predicted molar refractivity (Wildman–Crippen MR) is 43.7 cm³/mol. The molecule has 0 amide bonds. The van der Waals surface area contributed by atoms with E-state index < -0.39 is 0 Å². The van der Waals surface area contributed by atoms with E-state index in [2.05, 4.69) is 16.9 Å². The van der Waals surface area contributed by atoms with Gasteiger partial charge in [-0.2, -0.15) is 4.98 Å². The third-order valence-corrected chi connectivity index (χ3v) is 1.82. The molecule has 1 heterocycles. The summed E-state index contributed by atoms with van der Waals surface area (Å²) in [4.78, 5) is 8.29. The average molecular weight is 152 g/mol. The van der Waals surface area contributed by atoms with Crippen molar-refractivity contribution in [1.82, 2.24) is 9.97 Å². The van der Waals surface area contributed by atoms with E-state index in [-0.39, 0.29) is 0 Å². The highest BCUT2D eigenvalue weighted by atomic mass is 15.0. The van der Waals surface area contributed by atoms with Crippen LogP contribution in [-0.2, 0) is 6.42 Å². The zero-order chi connectivity index (χ0) is 8.27. The van der Waals surface area contributed by atoms with Crippen LogP contribution in [0.4, 0.5) is 5.82 Å². The lowest BCUT2D eigenvalue weighted by molar-refractivity contribution is -0.544. The Labute approximate surface area is 66.9 Å². The van der Waals surface area contributed by atoms with Crippen LogP contribution in [0.5, 0.6) is 0 Å². The number of nitrogens with two attached hydrogens (primary N) is 1. The van der Waals surface area contributed by atoms with Crippen LogP contribution in [0.3, 0.4) is 0 Å². The van der Waals surface area contributed by atoms with Crippen LogP contribution in [0.1, 0.15) is 18.2 Å². The minimum Gasteiger partial charge on any atom is -0.299 e. The Bertz CT molecular complexity index is 245. The van der Waals surface area contributed by atoms with Crippen molar-refractivity contribution in [3.63, 3.8) is 0 Å². The molecule has 0 aromatic carbocycles. The van der Waals surface area contributed by atoms with Crippen molar-refractivity contribution in [2.45, 2.75) is 20.3 Å². The third-order valence-electron chi connectivity index (χ3n) is 1.82. The van der Waals surface area contributed by atoms with Crippen LogP contribution in [0.15, 0.2) is 6.33 Å². The Hall–Kier alpha value is -0.960. The first-order chi connectivity index (χ1) is 5.29. The van der Waals surface area contributed by atoms with Crippen LogP contribution >= 0.6 is 0 Å². The number of aromatic nitrogens is 2. The molecular weight excluding hydrogens is 138 g/mol. The van der Waals surface area contributed by atoms with Crippen LogP contribution < -0.4 is 5.32 Å². The molecule has 0 saturated carbocycles. The van der Waals surface area contributed by atoms with Gasteiger partial charge in [0, 0.05) is 5.69 Å². The molecule has 3 heteroatoms. The standard InChI is InChI=1S/C8H13N3/c1-4-7-6(2)10-5-11-8(7)9-3/h5H,4H2,1-3H3,(H,9,10,11)/p+1. The molecular formula is C8H14N3+. The van der Waals surface area contributed by atoms with Crippen molar-refractivity contribution in [3.05, 3.63) is 17.6 Å². The van der Waals surface area contributed by atoms with Crippen molar-refractivity contribution in [2.24, 2.45) is 0 Å². The van der Waals surface area contributed by atoms with Gasteiger partial charge in [-0.1, -0.05) is 6.92 Å². The number of rotatable bonds is 2. The Morgan fingerprint density at radius 3 is 2.64 bits per heavy atom. The molecule has 60 valence electrons. The summed E-state index contributed by atoms with van der Waals surface area (Å²) in [6.45, 7) is 4.15. The van der Waals surface area contributed by atoms with Gasteiger partial charge in [0.15, 0.2) is 0 Å². The van der Waals surface area contributed by atoms with Gasteiger partial charge in [0.05, 0.1) is 12.6 Å². The van der Waals surface area contributed by atoms with Crippen molar-refractivity contribution in [1.29, 1.82) is 0 Å². The van der Waals surface area contributed by atoms with E-state index in [4.69, 9.17) is 0 Å². The summed E-state index contributed by atoms with van der Waals surface area (Å²) in [6.07, 6.45) is 2.62. The first-order valence-corrected chi connectivity index (χ1v) is 3.89. The summed E-state index contributed by atoms with van der Waals surface area (Å²) in [5.74, 6) is 1.07. The van der Waals surface area contributed by atoms with E-state index in [1.54, 1.807) is 6.33 Å². The molecule has 0 atom stereocenters. The smallest absolute Gasteiger partial charge is 0.230 e. The second-order valence-corrected chi connectivity index (χ2v) is 2.47. The van der Waals surface area contributed by atoms with Crippen molar-refractivity contribution < 1.29 is 5.32 Å². The van der Waals surface area contributed by atoms with Crippen LogP contribution in [0, 0.1) is 6.92 Å². The quantitative estimate of drug-likeness (QED) is 0.656. The van der Waals surface area contributed by atoms with Crippen LogP contribution in [0.2, 0.25) is 0 Å². The summed E-state index contributed by atoms with van der Waals surface area (Å²) < 4.78 is 0. The largest absolute Gasteiger partial charge is 0.299 e. The van der Waals surface area contributed by atoms with Gasteiger partial charge >= 0.3 is 0 Å². The molecule has 1 rings (SSSR count). The molecule has 0 aliphatic carbocycles. The number of quaternary nitrogens is 1. The van der Waals surface area contributed by atoms with Gasteiger partial charge in [0.25, 0.3) is 0 Å². The number of nitrogens with zero attached hydrogens (tertiary/aromatic N) is 2. The molecule has 0 radical (unpaired) electrons. The maximum absolute atomic E-state index is 4.16. The van der Waals surface area contributed by atoms with Gasteiger partial charge < -0.3 is 0 Å². The normalized spacial score (nSPS) is 10.1. The molecule has 0 fully saturated rings. The summed E-state index contributed by atoms with van der Waals surface area (Å²) in [7, 11) is 2.00. The number of hydrogen-bond donors (Lipinski definition) is 1. The Morgan fingerprint density at radius 1 is 1.45 bits per heavy atom. The Balaban J connectivity index is 3.13. The van der Waals surface area contributed by atoms with Crippen LogP contribution in [-0.4, -0.2) is 17.0 Å². The van der Waals surface area contributed by atoms with E-state index >= 15 is 0 Å². The minimum absolute atomic E-state index is 1.01. The van der Waals surface area contributed by atoms with Crippen molar-refractivity contribution in [3.8, 4) is 0 Å². The molecule has 0 aliphatic rings. The fraction of sp³-hybridized carbons (Fsp3) is 0.500. The maximum atomic E-state index is 4.16. The Kier molecular flexibility index (Phi) is 2.54. The fourth-order valence-corrected chi connectivity index (χ4v) is 1.20. The number of hydrogen-bond acceptors (Lipinski definition) is 2. The molecule has 0 spiro atoms. The molecule has 0 unspecified atom stereocenters. The summed E-state index contributed by atoms with van der Waals surface area (Å²) in [5, 5.41) is 2.02. The van der Waals surface area contributed by atoms with E-state index in [1.807, 2.05) is 19.3 Å². The SMILES string of the molecule is CCc1c(C)ncnc1[NH2+]C. The zero-order valence-electron chi connectivity index (χ0n) is 7.26. The third kappa shape index (κ3) is 1.54. The molecule has 0 aliphatic heterocycles. The lowest BCUT2D eigenvalue weighted by atomic mass is 10.2. The highest BCUT2D eigenvalue weighted by molar-refractivity contribution is 5.33. The maximum Gasteiger partial charge on any atom is 0.230 e. The first kappa shape index (κ1) is 8.14. The number of aryl methyl sites for hydroxylation is 1. The van der Waals surface area contributed by atoms with E-state index in [9.17, 15) is 0 Å². The van der Waals surface area contributed by atoms with Gasteiger partial charge in [0.1, 0.15) is 6.33 Å². The fourth-order valence-electron chi connectivity index (χ4n) is 1.20. The lowest BCUT2D eigenvalue weighted by Gasteiger charge is -2.02. The minimum atomic E-state index is 1.01. The topological polar surface area (TPSA) is 42.4 Å². The Morgan fingerprint density at radius 2 is 2.18 bits per heavy atom. The van der Waals surface area contributed by atoms with Crippen LogP contribution in [0.25, 0.3) is 0 Å². The van der Waals surface area contributed by atoms with E-state index in [1.165, 1.54) is 5.56 Å². The van der Waals surface area contributed by atoms with E-state index in [0.29, 0.717) is 0 Å². The molecule has 3 nitrogen and oxygen atoms in total. The lowest BCUT2D eigenvalue weighted by Crippen LogP contribution is -2.73. The molecule has 0 saturated heterocycles. The molecule has 0 bridgehead atoms. The summed E-state index contributed by atoms with van der Waals surface area (Å²) >= 11 is 0. The predicted octanol–water partition coefficient (Wildman–Crippen LogP) is 0.172. The summed E-state index contributed by atoms with van der Waals surface area (Å²) in [5.41, 5.74) is 2.35. The first-order valence-electron chi connectivity index (χ1n) is 3.89. The molecule has 1 aromatic rings. The molecule has 2 N–H and O–H groups in total. The van der Waals surface area contributed by atoms with E-state index in [0.717, 1.165) is 17.9 Å². The monoisotopic (exact) mass is 152 g/mol. The molecule has 11 heavy (non-hydrogen) atoms.